The van der Waals surface area contributed by atoms with Crippen molar-refractivity contribution in [3.63, 3.8) is 0 Å². The number of halogens is 1. The number of likely N-dealkylation sites (N-methyl/N-ethyl adjacent to an activating group) is 1. The van der Waals surface area contributed by atoms with E-state index in [-0.39, 0.29) is 10.8 Å². The van der Waals surface area contributed by atoms with Gasteiger partial charge in [-0.2, -0.15) is 4.72 Å². The molecular weight excluding hydrogens is 458 g/mol. The first-order valence-corrected chi connectivity index (χ1v) is 11.9. The van der Waals surface area contributed by atoms with Gasteiger partial charge in [-0.15, -0.1) is 11.3 Å². The van der Waals surface area contributed by atoms with Crippen LogP contribution < -0.4 is 10.0 Å². The van der Waals surface area contributed by atoms with Crippen LogP contribution in [0.15, 0.2) is 76.3 Å². The van der Waals surface area contributed by atoms with Gasteiger partial charge in [-0.1, -0.05) is 60.1 Å². The van der Waals surface area contributed by atoms with Crippen molar-refractivity contribution in [2.75, 3.05) is 18.9 Å². The number of carbonyl (C=O) groups is 2. The molecule has 3 aromatic rings. The van der Waals surface area contributed by atoms with Crippen LogP contribution in [0.2, 0.25) is 5.02 Å². The Morgan fingerprint density at radius 2 is 1.71 bits per heavy atom. The van der Waals surface area contributed by atoms with E-state index in [1.165, 1.54) is 18.0 Å². The summed E-state index contributed by atoms with van der Waals surface area (Å²) >= 11 is 7.10. The van der Waals surface area contributed by atoms with Crippen LogP contribution in [0.3, 0.4) is 0 Å². The van der Waals surface area contributed by atoms with Crippen molar-refractivity contribution < 1.29 is 18.0 Å². The number of rotatable bonds is 8. The molecule has 162 valence electrons. The minimum Gasteiger partial charge on any atom is -0.335 e. The fraction of sp³-hybridized carbons (Fsp3) is 0.143. The van der Waals surface area contributed by atoms with Crippen molar-refractivity contribution in [3.05, 3.63) is 82.7 Å². The Hall–Kier alpha value is -2.72. The maximum Gasteiger partial charge on any atom is 0.251 e. The highest BCUT2D eigenvalue weighted by Crippen LogP contribution is 2.23. The molecule has 0 radical (unpaired) electrons. The molecule has 0 fully saturated rings. The molecule has 0 aliphatic rings. The summed E-state index contributed by atoms with van der Waals surface area (Å²) in [4.78, 5) is 26.7. The standard InChI is InChI=1S/C21H20ClN3O4S2/c1-25(14-18(26)23-17-11-6-5-10-16(17)22)21(27)20(15-8-3-2-4-9-15)24-31(28,29)19-12-7-13-30-19/h2-13,20,24H,14H2,1H3,(H,23,26). The van der Waals surface area contributed by atoms with Crippen LogP contribution >= 0.6 is 22.9 Å². The molecule has 3 rings (SSSR count). The Bertz CT molecular complexity index is 1150. The summed E-state index contributed by atoms with van der Waals surface area (Å²) in [6.45, 7) is -0.284. The number of amides is 2. The molecule has 0 bridgehead atoms. The molecule has 1 aromatic heterocycles. The van der Waals surface area contributed by atoms with Crippen LogP contribution in [-0.2, 0) is 19.6 Å². The van der Waals surface area contributed by atoms with Gasteiger partial charge in [-0.25, -0.2) is 8.42 Å². The van der Waals surface area contributed by atoms with Crippen molar-refractivity contribution in [1.82, 2.24) is 9.62 Å². The lowest BCUT2D eigenvalue weighted by Crippen LogP contribution is -2.43. The zero-order valence-corrected chi connectivity index (χ0v) is 18.9. The van der Waals surface area contributed by atoms with E-state index in [1.807, 2.05) is 0 Å². The smallest absolute Gasteiger partial charge is 0.251 e. The highest BCUT2D eigenvalue weighted by molar-refractivity contribution is 7.91. The van der Waals surface area contributed by atoms with E-state index in [4.69, 9.17) is 11.6 Å². The molecule has 7 nitrogen and oxygen atoms in total. The predicted octanol–water partition coefficient (Wildman–Crippen LogP) is 3.52. The van der Waals surface area contributed by atoms with Crippen molar-refractivity contribution >= 4 is 50.5 Å². The number of nitrogens with one attached hydrogen (secondary N) is 2. The minimum absolute atomic E-state index is 0.0975. The maximum absolute atomic E-state index is 13.1. The van der Waals surface area contributed by atoms with Gasteiger partial charge in [-0.05, 0) is 29.1 Å². The van der Waals surface area contributed by atoms with Gasteiger partial charge in [0.05, 0.1) is 17.3 Å². The minimum atomic E-state index is -3.92. The summed E-state index contributed by atoms with van der Waals surface area (Å²) < 4.78 is 28.0. The van der Waals surface area contributed by atoms with Crippen LogP contribution in [0.1, 0.15) is 11.6 Å². The van der Waals surface area contributed by atoms with Gasteiger partial charge in [0.25, 0.3) is 10.0 Å². The Morgan fingerprint density at radius 1 is 1.03 bits per heavy atom. The monoisotopic (exact) mass is 477 g/mol. The van der Waals surface area contributed by atoms with Crippen LogP contribution in [0.5, 0.6) is 0 Å². The van der Waals surface area contributed by atoms with E-state index >= 15 is 0 Å². The molecule has 2 N–H and O–H groups in total. The average molecular weight is 478 g/mol. The summed E-state index contributed by atoms with van der Waals surface area (Å²) in [6.07, 6.45) is 0. The largest absolute Gasteiger partial charge is 0.335 e. The van der Waals surface area contributed by atoms with Crippen molar-refractivity contribution in [3.8, 4) is 0 Å². The fourth-order valence-corrected chi connectivity index (χ4v) is 5.17. The summed E-state index contributed by atoms with van der Waals surface area (Å²) in [5.74, 6) is -1.03. The second-order valence-corrected chi connectivity index (χ2v) is 9.92. The number of hydrogen-bond acceptors (Lipinski definition) is 5. The normalized spacial score (nSPS) is 12.2. The van der Waals surface area contributed by atoms with Crippen molar-refractivity contribution in [2.24, 2.45) is 0 Å². The number of carbonyl (C=O) groups excluding carboxylic acids is 2. The van der Waals surface area contributed by atoms with Crippen molar-refractivity contribution in [2.45, 2.75) is 10.3 Å². The van der Waals surface area contributed by atoms with E-state index in [0.29, 0.717) is 16.3 Å². The number of hydrogen-bond donors (Lipinski definition) is 2. The van der Waals surface area contributed by atoms with Crippen LogP contribution in [0.4, 0.5) is 5.69 Å². The summed E-state index contributed by atoms with van der Waals surface area (Å²) in [5.41, 5.74) is 0.888. The van der Waals surface area contributed by atoms with Gasteiger partial charge in [-0.3, -0.25) is 9.59 Å². The lowest BCUT2D eigenvalue weighted by molar-refractivity contribution is -0.134. The van der Waals surface area contributed by atoms with Gasteiger partial charge in [0, 0.05) is 7.05 Å². The molecule has 1 unspecified atom stereocenters. The lowest BCUT2D eigenvalue weighted by Gasteiger charge is -2.24. The Labute approximate surface area is 189 Å². The van der Waals surface area contributed by atoms with Crippen molar-refractivity contribution in [1.29, 1.82) is 0 Å². The fourth-order valence-electron chi connectivity index (χ4n) is 2.80. The number of nitrogens with zero attached hydrogens (tertiary/aromatic N) is 1. The molecule has 0 saturated carbocycles. The molecule has 0 spiro atoms. The molecule has 0 saturated heterocycles. The Balaban J connectivity index is 1.78. The van der Waals surface area contributed by atoms with Crippen LogP contribution in [0, 0.1) is 0 Å². The quantitative estimate of drug-likeness (QED) is 0.519. The van der Waals surface area contributed by atoms with Gasteiger partial charge in [0.2, 0.25) is 11.8 Å². The second-order valence-electron chi connectivity index (χ2n) is 6.62. The number of para-hydroxylation sites is 1. The van der Waals surface area contributed by atoms with E-state index in [0.717, 1.165) is 11.3 Å². The lowest BCUT2D eigenvalue weighted by atomic mass is 10.1. The van der Waals surface area contributed by atoms with Crippen LogP contribution in [0.25, 0.3) is 0 Å². The zero-order chi connectivity index (χ0) is 22.4. The highest BCUT2D eigenvalue weighted by Gasteiger charge is 2.30. The third-order valence-electron chi connectivity index (χ3n) is 4.32. The first-order chi connectivity index (χ1) is 14.8. The summed E-state index contributed by atoms with van der Waals surface area (Å²) in [5, 5.41) is 4.65. The Morgan fingerprint density at radius 3 is 2.35 bits per heavy atom. The zero-order valence-electron chi connectivity index (χ0n) is 16.5. The molecule has 0 aliphatic heterocycles. The number of benzene rings is 2. The van der Waals surface area contributed by atoms with Gasteiger partial charge in [0.15, 0.2) is 0 Å². The third-order valence-corrected chi connectivity index (χ3v) is 7.47. The first kappa shape index (κ1) is 23.0. The number of anilines is 1. The van der Waals surface area contributed by atoms with Gasteiger partial charge >= 0.3 is 0 Å². The van der Waals surface area contributed by atoms with E-state index in [9.17, 15) is 18.0 Å². The molecule has 2 amide bonds. The molecule has 1 atom stereocenters. The second kappa shape index (κ2) is 10.1. The highest BCUT2D eigenvalue weighted by atomic mass is 35.5. The molecule has 31 heavy (non-hydrogen) atoms. The first-order valence-electron chi connectivity index (χ1n) is 9.18. The van der Waals surface area contributed by atoms with Crippen LogP contribution in [-0.4, -0.2) is 38.7 Å². The maximum atomic E-state index is 13.1. The summed E-state index contributed by atoms with van der Waals surface area (Å²) in [6, 6.07) is 17.1. The Kier molecular flexibility index (Phi) is 7.45. The van der Waals surface area contributed by atoms with E-state index in [2.05, 4.69) is 10.0 Å². The van der Waals surface area contributed by atoms with Gasteiger partial charge in [0.1, 0.15) is 10.3 Å². The van der Waals surface area contributed by atoms with Gasteiger partial charge < -0.3 is 10.2 Å². The van der Waals surface area contributed by atoms with E-state index < -0.39 is 27.9 Å². The molecule has 10 heteroatoms. The predicted molar refractivity (Wildman–Crippen MR) is 122 cm³/mol. The topological polar surface area (TPSA) is 95.6 Å². The third kappa shape index (κ3) is 5.92. The number of thiophene rings is 1. The average Bonchev–Trinajstić information content (AvgIpc) is 3.30. The molecule has 0 aliphatic carbocycles. The molecule has 2 aromatic carbocycles. The molecule has 1 heterocycles. The summed E-state index contributed by atoms with van der Waals surface area (Å²) in [7, 11) is -2.49. The van der Waals surface area contributed by atoms with E-state index in [1.54, 1.807) is 66.0 Å². The SMILES string of the molecule is CN(CC(=O)Nc1ccccc1Cl)C(=O)C(NS(=O)(=O)c1cccs1)c1ccccc1. The molecular formula is C21H20ClN3O4S2. The number of sulfonamides is 1.